The van der Waals surface area contributed by atoms with Gasteiger partial charge in [0, 0.05) is 5.56 Å². The Morgan fingerprint density at radius 3 is 2.50 bits per heavy atom. The first-order valence-electron chi connectivity index (χ1n) is 3.62. The van der Waals surface area contributed by atoms with E-state index in [1.54, 1.807) is 6.33 Å². The average Bonchev–Trinajstić information content (AvgIpc) is 2.53. The van der Waals surface area contributed by atoms with Crippen molar-refractivity contribution in [1.29, 1.82) is 0 Å². The molecule has 0 spiro atoms. The van der Waals surface area contributed by atoms with E-state index in [0.717, 1.165) is 15.0 Å². The number of hydrogen-bond donors (Lipinski definition) is 1. The predicted molar refractivity (Wildman–Crippen MR) is 56.7 cm³/mol. The van der Waals surface area contributed by atoms with Gasteiger partial charge < -0.3 is 4.98 Å². The van der Waals surface area contributed by atoms with Crippen molar-refractivity contribution in [2.24, 2.45) is 0 Å². The van der Waals surface area contributed by atoms with Crippen molar-refractivity contribution in [3.8, 4) is 11.3 Å². The molecule has 0 aliphatic carbocycles. The lowest BCUT2D eigenvalue weighted by Crippen LogP contribution is -1.78. The van der Waals surface area contributed by atoms with Gasteiger partial charge >= 0.3 is 0 Å². The Hall–Kier alpha value is -0.840. The number of aromatic amines is 1. The van der Waals surface area contributed by atoms with Crippen LogP contribution in [-0.4, -0.2) is 9.97 Å². The molecule has 0 fully saturated rings. The van der Waals surface area contributed by atoms with Crippen molar-refractivity contribution in [2.75, 3.05) is 0 Å². The average molecular weight is 270 g/mol. The van der Waals surface area contributed by atoms with E-state index < -0.39 is 0 Å². The summed E-state index contributed by atoms with van der Waals surface area (Å²) >= 11 is 2.24. The van der Waals surface area contributed by atoms with Gasteiger partial charge in [0.1, 0.15) is 9.39 Å². The summed E-state index contributed by atoms with van der Waals surface area (Å²) in [5, 5.41) is 0. The van der Waals surface area contributed by atoms with E-state index in [0.29, 0.717) is 0 Å². The normalized spacial score (nSPS) is 10.1. The summed E-state index contributed by atoms with van der Waals surface area (Å²) in [6.45, 7) is 0. The van der Waals surface area contributed by atoms with Crippen LogP contribution in [0.5, 0.6) is 0 Å². The van der Waals surface area contributed by atoms with E-state index in [9.17, 15) is 0 Å². The van der Waals surface area contributed by atoms with Crippen LogP contribution < -0.4 is 0 Å². The van der Waals surface area contributed by atoms with Crippen molar-refractivity contribution in [3.05, 3.63) is 40.4 Å². The van der Waals surface area contributed by atoms with E-state index in [1.807, 2.05) is 18.2 Å². The molecule has 1 heterocycles. The summed E-state index contributed by atoms with van der Waals surface area (Å²) in [7, 11) is 0. The Morgan fingerprint density at radius 1 is 1.17 bits per heavy atom. The van der Waals surface area contributed by atoms with Crippen LogP contribution in [0.25, 0.3) is 11.3 Å². The first-order valence-corrected chi connectivity index (χ1v) is 4.70. The maximum atomic E-state index is 4.22. The fourth-order valence-electron chi connectivity index (χ4n) is 1.08. The first kappa shape index (κ1) is 7.79. The van der Waals surface area contributed by atoms with Gasteiger partial charge in [0.05, 0.1) is 6.33 Å². The number of H-pyrrole nitrogens is 1. The molecule has 2 nitrogen and oxygen atoms in total. The van der Waals surface area contributed by atoms with Gasteiger partial charge in [0.15, 0.2) is 0 Å². The lowest BCUT2D eigenvalue weighted by molar-refractivity contribution is 1.30. The molecule has 1 aromatic carbocycles. The van der Waals surface area contributed by atoms with Crippen LogP contribution in [0.1, 0.15) is 0 Å². The van der Waals surface area contributed by atoms with Crippen LogP contribution in [-0.2, 0) is 0 Å². The molecule has 3 heteroatoms. The van der Waals surface area contributed by atoms with E-state index in [4.69, 9.17) is 0 Å². The summed E-state index contributed by atoms with van der Waals surface area (Å²) in [6, 6.07) is 10.1. The van der Waals surface area contributed by atoms with Gasteiger partial charge in [-0.25, -0.2) is 4.98 Å². The van der Waals surface area contributed by atoms with E-state index >= 15 is 0 Å². The van der Waals surface area contributed by atoms with Crippen LogP contribution in [0.2, 0.25) is 0 Å². The number of nitrogens with zero attached hydrogens (tertiary/aromatic N) is 1. The fourth-order valence-corrected chi connectivity index (χ4v) is 1.67. The van der Waals surface area contributed by atoms with Crippen molar-refractivity contribution in [1.82, 2.24) is 9.97 Å². The second-order valence-corrected chi connectivity index (χ2v) is 3.51. The number of hydrogen-bond acceptors (Lipinski definition) is 1. The highest BCUT2D eigenvalue weighted by atomic mass is 127. The molecule has 0 atom stereocenters. The number of rotatable bonds is 1. The molecule has 2 aromatic rings. The smallest absolute Gasteiger partial charge is 0.105 e. The molecular weight excluding hydrogens is 263 g/mol. The number of imidazole rings is 1. The minimum absolute atomic E-state index is 1.02. The molecule has 0 aliphatic rings. The van der Waals surface area contributed by atoms with Crippen molar-refractivity contribution >= 4 is 22.6 Å². The SMILES string of the molecule is Ic1[nH]cnc1-c1ccccc1. The zero-order valence-electron chi connectivity index (χ0n) is 6.29. The Kier molecular flexibility index (Phi) is 2.12. The highest BCUT2D eigenvalue weighted by Crippen LogP contribution is 2.20. The number of aromatic nitrogens is 2. The van der Waals surface area contributed by atoms with Crippen molar-refractivity contribution in [2.45, 2.75) is 0 Å². The maximum Gasteiger partial charge on any atom is 0.105 e. The van der Waals surface area contributed by atoms with Gasteiger partial charge in [-0.1, -0.05) is 30.3 Å². The van der Waals surface area contributed by atoms with Crippen LogP contribution in [0.15, 0.2) is 36.7 Å². The number of benzene rings is 1. The zero-order chi connectivity index (χ0) is 8.39. The minimum Gasteiger partial charge on any atom is -0.340 e. The molecule has 60 valence electrons. The number of halogens is 1. The van der Waals surface area contributed by atoms with Crippen molar-refractivity contribution < 1.29 is 0 Å². The molecule has 0 unspecified atom stereocenters. The monoisotopic (exact) mass is 270 g/mol. The molecule has 0 radical (unpaired) electrons. The first-order chi connectivity index (χ1) is 5.88. The topological polar surface area (TPSA) is 28.7 Å². The summed E-state index contributed by atoms with van der Waals surface area (Å²) in [5.41, 5.74) is 2.18. The summed E-state index contributed by atoms with van der Waals surface area (Å²) in [6.07, 6.45) is 1.71. The molecule has 0 aliphatic heterocycles. The highest BCUT2D eigenvalue weighted by Gasteiger charge is 2.02. The molecular formula is C9H7IN2. The Morgan fingerprint density at radius 2 is 1.92 bits per heavy atom. The zero-order valence-corrected chi connectivity index (χ0v) is 8.45. The third kappa shape index (κ3) is 1.36. The van der Waals surface area contributed by atoms with E-state index in [-0.39, 0.29) is 0 Å². The van der Waals surface area contributed by atoms with Gasteiger partial charge in [0.2, 0.25) is 0 Å². The second-order valence-electron chi connectivity index (χ2n) is 2.43. The van der Waals surface area contributed by atoms with Gasteiger partial charge in [-0.3, -0.25) is 0 Å². The quantitative estimate of drug-likeness (QED) is 0.793. The van der Waals surface area contributed by atoms with Crippen molar-refractivity contribution in [3.63, 3.8) is 0 Å². The van der Waals surface area contributed by atoms with Crippen LogP contribution in [0.3, 0.4) is 0 Å². The third-order valence-corrected chi connectivity index (χ3v) is 2.46. The van der Waals surface area contributed by atoms with Crippen LogP contribution in [0, 0.1) is 3.70 Å². The lowest BCUT2D eigenvalue weighted by Gasteiger charge is -1.95. The molecule has 0 bridgehead atoms. The standard InChI is InChI=1S/C9H7IN2/c10-9-8(11-6-12-9)7-4-2-1-3-5-7/h1-6H,(H,11,12). The summed E-state index contributed by atoms with van der Waals surface area (Å²) < 4.78 is 1.08. The summed E-state index contributed by atoms with van der Waals surface area (Å²) in [5.74, 6) is 0. The van der Waals surface area contributed by atoms with E-state index in [1.165, 1.54) is 0 Å². The predicted octanol–water partition coefficient (Wildman–Crippen LogP) is 2.68. The van der Waals surface area contributed by atoms with Gasteiger partial charge in [-0.05, 0) is 22.6 Å². The van der Waals surface area contributed by atoms with Gasteiger partial charge in [0.25, 0.3) is 0 Å². The van der Waals surface area contributed by atoms with E-state index in [2.05, 4.69) is 44.7 Å². The van der Waals surface area contributed by atoms with Gasteiger partial charge in [-0.2, -0.15) is 0 Å². The summed E-state index contributed by atoms with van der Waals surface area (Å²) in [4.78, 5) is 7.27. The Bertz CT molecular complexity index is 367. The molecule has 2 rings (SSSR count). The van der Waals surface area contributed by atoms with Gasteiger partial charge in [-0.15, -0.1) is 0 Å². The van der Waals surface area contributed by atoms with Crippen LogP contribution in [0.4, 0.5) is 0 Å². The highest BCUT2D eigenvalue weighted by molar-refractivity contribution is 14.1. The fraction of sp³-hybridized carbons (Fsp3) is 0. The maximum absolute atomic E-state index is 4.22. The minimum atomic E-state index is 1.02. The molecule has 1 N–H and O–H groups in total. The second kappa shape index (κ2) is 3.26. The molecule has 12 heavy (non-hydrogen) atoms. The van der Waals surface area contributed by atoms with Crippen LogP contribution >= 0.6 is 22.6 Å². The number of nitrogens with one attached hydrogen (secondary N) is 1. The molecule has 0 amide bonds. The molecule has 0 saturated heterocycles. The third-order valence-electron chi connectivity index (χ3n) is 1.64. The largest absolute Gasteiger partial charge is 0.340 e. The molecule has 1 aromatic heterocycles. The Balaban J connectivity index is 2.51. The lowest BCUT2D eigenvalue weighted by atomic mass is 10.2. The molecule has 0 saturated carbocycles. The Labute approximate surface area is 84.2 Å².